The van der Waals surface area contributed by atoms with Crippen LogP contribution in [0.2, 0.25) is 0 Å². The molecule has 1 aliphatic rings. The van der Waals surface area contributed by atoms with E-state index < -0.39 is 17.6 Å². The number of carbonyl (C=O) groups is 1. The molecular weight excluding hydrogens is 240 g/mol. The van der Waals surface area contributed by atoms with Crippen LogP contribution in [0, 0.1) is 6.92 Å². The Labute approximate surface area is 103 Å². The molecule has 1 saturated heterocycles. The molecule has 2 N–H and O–H groups in total. The summed E-state index contributed by atoms with van der Waals surface area (Å²) in [7, 11) is 0. The van der Waals surface area contributed by atoms with Crippen LogP contribution in [-0.2, 0) is 20.7 Å². The Kier molecular flexibility index (Phi) is 3.73. The number of nitrogens with one attached hydrogen (secondary N) is 1. The maximum atomic E-state index is 11.8. The van der Waals surface area contributed by atoms with Gasteiger partial charge in [-0.25, -0.2) is 4.98 Å². The van der Waals surface area contributed by atoms with E-state index in [1.807, 2.05) is 0 Å². The number of hydrogen-bond donors (Lipinski definition) is 2. The molecule has 1 aromatic heterocycles. The van der Waals surface area contributed by atoms with Crippen LogP contribution in [0.3, 0.4) is 0 Å². The van der Waals surface area contributed by atoms with Gasteiger partial charge in [0.25, 0.3) is 5.56 Å². The average molecular weight is 254 g/mol. The van der Waals surface area contributed by atoms with Crippen LogP contribution in [-0.4, -0.2) is 40.9 Å². The van der Waals surface area contributed by atoms with Crippen molar-refractivity contribution in [2.75, 3.05) is 19.8 Å². The topological polar surface area (TPSA) is 102 Å². The molecule has 1 aliphatic heterocycles. The van der Waals surface area contributed by atoms with Crippen molar-refractivity contribution in [3.05, 3.63) is 27.4 Å². The van der Waals surface area contributed by atoms with Gasteiger partial charge in [-0.2, -0.15) is 0 Å². The van der Waals surface area contributed by atoms with Crippen molar-refractivity contribution in [3.8, 4) is 0 Å². The summed E-state index contributed by atoms with van der Waals surface area (Å²) in [5.74, 6) is -0.679. The Morgan fingerprint density at radius 1 is 1.56 bits per heavy atom. The highest BCUT2D eigenvalue weighted by molar-refractivity contribution is 5.70. The molecule has 7 heteroatoms. The highest BCUT2D eigenvalue weighted by Gasteiger charge is 2.21. The molecule has 1 fully saturated rings. The molecule has 0 amide bonds. The van der Waals surface area contributed by atoms with Crippen LogP contribution >= 0.6 is 0 Å². The fourth-order valence-electron chi connectivity index (χ4n) is 1.79. The number of carboxylic acid groups (broad SMARTS) is 1. The number of H-pyrrole nitrogens is 1. The van der Waals surface area contributed by atoms with E-state index in [0.29, 0.717) is 31.3 Å². The number of nitrogens with zero attached hydrogens (tertiary/aromatic N) is 1. The van der Waals surface area contributed by atoms with Crippen LogP contribution in [0.5, 0.6) is 0 Å². The van der Waals surface area contributed by atoms with Crippen LogP contribution in [0.4, 0.5) is 0 Å². The minimum atomic E-state index is -1.06. The fourth-order valence-corrected chi connectivity index (χ4v) is 1.79. The van der Waals surface area contributed by atoms with Crippen molar-refractivity contribution in [2.45, 2.75) is 19.4 Å². The summed E-state index contributed by atoms with van der Waals surface area (Å²) in [6, 6.07) is 0. The quantitative estimate of drug-likeness (QED) is 0.774. The Bertz CT molecular complexity index is 505. The largest absolute Gasteiger partial charge is 0.481 e. The SMILES string of the molecule is Cc1nc(C2COCCO2)[nH]c(=O)c1CC(=O)O. The first-order valence-electron chi connectivity index (χ1n) is 5.58. The molecule has 7 nitrogen and oxygen atoms in total. The number of rotatable bonds is 3. The average Bonchev–Trinajstić information content (AvgIpc) is 2.34. The van der Waals surface area contributed by atoms with Crippen molar-refractivity contribution in [1.29, 1.82) is 0 Å². The molecule has 2 rings (SSSR count). The molecular formula is C11H14N2O5. The summed E-state index contributed by atoms with van der Waals surface area (Å²) >= 11 is 0. The summed E-state index contributed by atoms with van der Waals surface area (Å²) in [5.41, 5.74) is 0.141. The predicted molar refractivity (Wildman–Crippen MR) is 60.4 cm³/mol. The van der Waals surface area contributed by atoms with E-state index in [1.54, 1.807) is 6.92 Å². The molecule has 0 bridgehead atoms. The minimum absolute atomic E-state index is 0.169. The molecule has 98 valence electrons. The number of aliphatic carboxylic acids is 1. The van der Waals surface area contributed by atoms with Gasteiger partial charge in [-0.1, -0.05) is 0 Å². The van der Waals surface area contributed by atoms with E-state index in [-0.39, 0.29) is 12.0 Å². The minimum Gasteiger partial charge on any atom is -0.481 e. The summed E-state index contributed by atoms with van der Waals surface area (Å²) in [6.07, 6.45) is -0.736. The standard InChI is InChI=1S/C11H14N2O5/c1-6-7(4-9(14)15)11(16)13-10(12-6)8-5-17-2-3-18-8/h8H,2-5H2,1H3,(H,14,15)(H,12,13,16). The zero-order valence-corrected chi connectivity index (χ0v) is 9.93. The zero-order chi connectivity index (χ0) is 13.1. The van der Waals surface area contributed by atoms with Crippen molar-refractivity contribution in [3.63, 3.8) is 0 Å². The fraction of sp³-hybridized carbons (Fsp3) is 0.545. The summed E-state index contributed by atoms with van der Waals surface area (Å²) in [4.78, 5) is 29.2. The summed E-state index contributed by atoms with van der Waals surface area (Å²) in [6.45, 7) is 2.92. The highest BCUT2D eigenvalue weighted by atomic mass is 16.6. The van der Waals surface area contributed by atoms with E-state index in [2.05, 4.69) is 9.97 Å². The molecule has 0 radical (unpaired) electrons. The van der Waals surface area contributed by atoms with E-state index in [1.165, 1.54) is 0 Å². The third-order valence-electron chi connectivity index (χ3n) is 2.69. The molecule has 0 aliphatic carbocycles. The molecule has 1 aromatic rings. The number of hydrogen-bond acceptors (Lipinski definition) is 5. The smallest absolute Gasteiger partial charge is 0.308 e. The lowest BCUT2D eigenvalue weighted by atomic mass is 10.1. The maximum absolute atomic E-state index is 11.8. The van der Waals surface area contributed by atoms with E-state index >= 15 is 0 Å². The first-order chi connectivity index (χ1) is 8.58. The monoisotopic (exact) mass is 254 g/mol. The normalized spacial score (nSPS) is 19.7. The number of ether oxygens (including phenoxy) is 2. The number of aromatic amines is 1. The second-order valence-electron chi connectivity index (χ2n) is 4.02. The first kappa shape index (κ1) is 12.7. The highest BCUT2D eigenvalue weighted by Crippen LogP contribution is 2.16. The van der Waals surface area contributed by atoms with Crippen molar-refractivity contribution >= 4 is 5.97 Å². The lowest BCUT2D eigenvalue weighted by molar-refractivity contribution is -0.136. The summed E-state index contributed by atoms with van der Waals surface area (Å²) < 4.78 is 10.7. The van der Waals surface area contributed by atoms with Crippen molar-refractivity contribution < 1.29 is 19.4 Å². The van der Waals surface area contributed by atoms with Gasteiger partial charge in [0.05, 0.1) is 26.2 Å². The molecule has 1 unspecified atom stereocenters. The van der Waals surface area contributed by atoms with Gasteiger partial charge in [-0.15, -0.1) is 0 Å². The van der Waals surface area contributed by atoms with Gasteiger partial charge in [0.1, 0.15) is 11.9 Å². The third kappa shape index (κ3) is 2.74. The lowest BCUT2D eigenvalue weighted by Gasteiger charge is -2.22. The van der Waals surface area contributed by atoms with Crippen LogP contribution in [0.1, 0.15) is 23.2 Å². The van der Waals surface area contributed by atoms with Gasteiger partial charge in [0.2, 0.25) is 0 Å². The predicted octanol–water partition coefficient (Wildman–Crippen LogP) is -0.207. The van der Waals surface area contributed by atoms with Gasteiger partial charge < -0.3 is 19.6 Å². The van der Waals surface area contributed by atoms with Gasteiger partial charge in [-0.3, -0.25) is 9.59 Å². The van der Waals surface area contributed by atoms with Crippen LogP contribution < -0.4 is 5.56 Å². The second kappa shape index (κ2) is 5.28. The number of aryl methyl sites for hydroxylation is 1. The van der Waals surface area contributed by atoms with Gasteiger partial charge in [0.15, 0.2) is 0 Å². The Hall–Kier alpha value is -1.73. The zero-order valence-electron chi connectivity index (χ0n) is 9.93. The van der Waals surface area contributed by atoms with E-state index in [9.17, 15) is 9.59 Å². The molecule has 0 aromatic carbocycles. The van der Waals surface area contributed by atoms with Crippen LogP contribution in [0.15, 0.2) is 4.79 Å². The molecule has 1 atom stereocenters. The van der Waals surface area contributed by atoms with Gasteiger partial charge in [0, 0.05) is 11.3 Å². The molecule has 18 heavy (non-hydrogen) atoms. The Balaban J connectivity index is 2.29. The molecule has 0 saturated carbocycles. The molecule has 0 spiro atoms. The van der Waals surface area contributed by atoms with E-state index in [0.717, 1.165) is 0 Å². The van der Waals surface area contributed by atoms with Crippen LogP contribution in [0.25, 0.3) is 0 Å². The molecule has 2 heterocycles. The van der Waals surface area contributed by atoms with E-state index in [4.69, 9.17) is 14.6 Å². The van der Waals surface area contributed by atoms with Crippen molar-refractivity contribution in [2.24, 2.45) is 0 Å². The summed E-state index contributed by atoms with van der Waals surface area (Å²) in [5, 5.41) is 8.71. The lowest BCUT2D eigenvalue weighted by Crippen LogP contribution is -2.28. The van der Waals surface area contributed by atoms with Gasteiger partial charge >= 0.3 is 5.97 Å². The first-order valence-corrected chi connectivity index (χ1v) is 5.58. The van der Waals surface area contributed by atoms with Gasteiger partial charge in [-0.05, 0) is 6.92 Å². The Morgan fingerprint density at radius 3 is 2.89 bits per heavy atom. The second-order valence-corrected chi connectivity index (χ2v) is 4.02. The number of carboxylic acids is 1. The van der Waals surface area contributed by atoms with Crippen molar-refractivity contribution in [1.82, 2.24) is 9.97 Å². The third-order valence-corrected chi connectivity index (χ3v) is 2.69. The number of aromatic nitrogens is 2. The maximum Gasteiger partial charge on any atom is 0.308 e. The Morgan fingerprint density at radius 2 is 2.33 bits per heavy atom.